The highest BCUT2D eigenvalue weighted by Gasteiger charge is 2.26. The minimum atomic E-state index is 0.0373. The quantitative estimate of drug-likeness (QED) is 0.607. The Morgan fingerprint density at radius 1 is 0.938 bits per heavy atom. The van der Waals surface area contributed by atoms with Gasteiger partial charge in [-0.25, -0.2) is 9.97 Å². The Kier molecular flexibility index (Phi) is 5.82. The SMILES string of the molecule is Cc1nc(N2CCCCC2)cc(N2CCN(C(=O)c3cc(-c4cccs4)nn3C)CC2)n1. The third-order valence-corrected chi connectivity index (χ3v) is 7.15. The van der Waals surface area contributed by atoms with Crippen molar-refractivity contribution in [1.29, 1.82) is 0 Å². The van der Waals surface area contributed by atoms with Crippen LogP contribution < -0.4 is 9.80 Å². The normalized spacial score (nSPS) is 17.1. The molecule has 8 nitrogen and oxygen atoms in total. The Hall–Kier alpha value is -2.94. The van der Waals surface area contributed by atoms with Gasteiger partial charge >= 0.3 is 0 Å². The maximum atomic E-state index is 13.2. The van der Waals surface area contributed by atoms with Gasteiger partial charge in [0.05, 0.1) is 4.88 Å². The number of carbonyl (C=O) groups is 1. The highest BCUT2D eigenvalue weighted by Crippen LogP contribution is 2.26. The first-order chi connectivity index (χ1) is 15.6. The smallest absolute Gasteiger partial charge is 0.272 e. The van der Waals surface area contributed by atoms with Gasteiger partial charge in [-0.2, -0.15) is 5.10 Å². The van der Waals surface area contributed by atoms with Crippen LogP contribution in [0.1, 0.15) is 35.6 Å². The number of piperazine rings is 1. The lowest BCUT2D eigenvalue weighted by Gasteiger charge is -2.36. The number of nitrogens with zero attached hydrogens (tertiary/aromatic N) is 7. The monoisotopic (exact) mass is 451 g/mol. The van der Waals surface area contributed by atoms with Crippen LogP contribution in [0.4, 0.5) is 11.6 Å². The molecule has 0 spiro atoms. The van der Waals surface area contributed by atoms with Crippen LogP contribution in [0, 0.1) is 6.92 Å². The summed E-state index contributed by atoms with van der Waals surface area (Å²) in [6.45, 7) is 6.95. The number of thiophene rings is 1. The van der Waals surface area contributed by atoms with Gasteiger partial charge in [-0.1, -0.05) is 6.07 Å². The van der Waals surface area contributed by atoms with Gasteiger partial charge in [-0.15, -0.1) is 11.3 Å². The van der Waals surface area contributed by atoms with Crippen LogP contribution in [0.25, 0.3) is 10.6 Å². The van der Waals surface area contributed by atoms with E-state index in [9.17, 15) is 4.79 Å². The fourth-order valence-electron chi connectivity index (χ4n) is 4.50. The van der Waals surface area contributed by atoms with Gasteiger partial charge in [0.1, 0.15) is 28.8 Å². The first-order valence-corrected chi connectivity index (χ1v) is 12.2. The summed E-state index contributed by atoms with van der Waals surface area (Å²) in [5.41, 5.74) is 1.48. The van der Waals surface area contributed by atoms with E-state index >= 15 is 0 Å². The molecular weight excluding hydrogens is 422 g/mol. The molecule has 0 atom stereocenters. The van der Waals surface area contributed by atoms with Crippen LogP contribution in [-0.4, -0.2) is 69.8 Å². The predicted octanol–water partition coefficient (Wildman–Crippen LogP) is 3.20. The van der Waals surface area contributed by atoms with Crippen molar-refractivity contribution >= 4 is 28.9 Å². The third-order valence-electron chi connectivity index (χ3n) is 6.25. The van der Waals surface area contributed by atoms with Crippen LogP contribution in [0.15, 0.2) is 29.6 Å². The minimum absolute atomic E-state index is 0.0373. The molecule has 3 aromatic rings. The number of amides is 1. The molecule has 2 aliphatic rings. The van der Waals surface area contributed by atoms with Crippen molar-refractivity contribution in [1.82, 2.24) is 24.6 Å². The summed E-state index contributed by atoms with van der Waals surface area (Å²) >= 11 is 1.63. The van der Waals surface area contributed by atoms with Crippen molar-refractivity contribution in [2.75, 3.05) is 49.1 Å². The highest BCUT2D eigenvalue weighted by molar-refractivity contribution is 7.13. The van der Waals surface area contributed by atoms with E-state index in [0.717, 1.165) is 54.2 Å². The Labute approximate surface area is 192 Å². The van der Waals surface area contributed by atoms with E-state index in [2.05, 4.69) is 25.9 Å². The second-order valence-corrected chi connectivity index (χ2v) is 9.42. The van der Waals surface area contributed by atoms with Gasteiger partial charge in [0.25, 0.3) is 5.91 Å². The van der Waals surface area contributed by atoms with E-state index < -0.39 is 0 Å². The highest BCUT2D eigenvalue weighted by atomic mass is 32.1. The number of hydrogen-bond donors (Lipinski definition) is 0. The molecule has 1 amide bonds. The first kappa shape index (κ1) is 20.9. The number of aryl methyl sites for hydroxylation is 2. The molecular formula is C23H29N7OS. The number of carbonyl (C=O) groups excluding carboxylic acids is 1. The number of hydrogen-bond acceptors (Lipinski definition) is 7. The molecule has 0 N–H and O–H groups in total. The van der Waals surface area contributed by atoms with Crippen molar-refractivity contribution in [3.8, 4) is 10.6 Å². The van der Waals surface area contributed by atoms with E-state index in [1.54, 1.807) is 16.0 Å². The number of anilines is 2. The fraction of sp³-hybridized carbons (Fsp3) is 0.478. The molecule has 5 heterocycles. The molecule has 2 aliphatic heterocycles. The summed E-state index contributed by atoms with van der Waals surface area (Å²) in [5.74, 6) is 2.83. The Morgan fingerprint density at radius 2 is 1.62 bits per heavy atom. The zero-order valence-electron chi connectivity index (χ0n) is 18.7. The molecule has 168 valence electrons. The summed E-state index contributed by atoms with van der Waals surface area (Å²) in [6.07, 6.45) is 3.75. The summed E-state index contributed by atoms with van der Waals surface area (Å²) in [7, 11) is 1.84. The van der Waals surface area contributed by atoms with Crippen LogP contribution in [-0.2, 0) is 7.05 Å². The molecule has 2 fully saturated rings. The predicted molar refractivity (Wildman–Crippen MR) is 127 cm³/mol. The van der Waals surface area contributed by atoms with Gasteiger partial charge in [0.15, 0.2) is 0 Å². The zero-order valence-corrected chi connectivity index (χ0v) is 19.5. The maximum absolute atomic E-state index is 13.2. The molecule has 32 heavy (non-hydrogen) atoms. The molecule has 3 aromatic heterocycles. The maximum Gasteiger partial charge on any atom is 0.272 e. The van der Waals surface area contributed by atoms with Crippen LogP contribution in [0.3, 0.4) is 0 Å². The zero-order chi connectivity index (χ0) is 22.1. The molecule has 2 saturated heterocycles. The van der Waals surface area contributed by atoms with Crippen molar-refractivity contribution in [2.45, 2.75) is 26.2 Å². The van der Waals surface area contributed by atoms with Crippen LogP contribution in [0.5, 0.6) is 0 Å². The summed E-state index contributed by atoms with van der Waals surface area (Å²) in [6, 6.07) is 8.05. The van der Waals surface area contributed by atoms with Gasteiger partial charge in [-0.3, -0.25) is 9.48 Å². The average molecular weight is 452 g/mol. The van der Waals surface area contributed by atoms with Gasteiger partial charge in [0, 0.05) is 52.4 Å². The van der Waals surface area contributed by atoms with Crippen molar-refractivity contribution in [3.63, 3.8) is 0 Å². The first-order valence-electron chi connectivity index (χ1n) is 11.3. The topological polar surface area (TPSA) is 70.4 Å². The van der Waals surface area contributed by atoms with E-state index in [0.29, 0.717) is 18.8 Å². The lowest BCUT2D eigenvalue weighted by atomic mass is 10.1. The Bertz CT molecular complexity index is 1080. The van der Waals surface area contributed by atoms with Gasteiger partial charge in [0.2, 0.25) is 0 Å². The summed E-state index contributed by atoms with van der Waals surface area (Å²) < 4.78 is 1.70. The van der Waals surface area contributed by atoms with Gasteiger partial charge < -0.3 is 14.7 Å². The van der Waals surface area contributed by atoms with Crippen LogP contribution in [0.2, 0.25) is 0 Å². The molecule has 0 unspecified atom stereocenters. The van der Waals surface area contributed by atoms with E-state index in [-0.39, 0.29) is 5.91 Å². The summed E-state index contributed by atoms with van der Waals surface area (Å²) in [4.78, 5) is 30.2. The molecule has 0 aromatic carbocycles. The molecule has 0 aliphatic carbocycles. The number of rotatable bonds is 4. The number of piperidine rings is 1. The second kappa shape index (κ2) is 8.90. The molecule has 0 saturated carbocycles. The van der Waals surface area contributed by atoms with Crippen molar-refractivity contribution in [3.05, 3.63) is 41.2 Å². The fourth-order valence-corrected chi connectivity index (χ4v) is 5.18. The Morgan fingerprint density at radius 3 is 2.28 bits per heavy atom. The summed E-state index contributed by atoms with van der Waals surface area (Å²) in [5, 5.41) is 6.57. The number of aromatic nitrogens is 4. The van der Waals surface area contributed by atoms with E-state index in [1.165, 1.54) is 19.3 Å². The lowest BCUT2D eigenvalue weighted by molar-refractivity contribution is 0.0735. The lowest BCUT2D eigenvalue weighted by Crippen LogP contribution is -2.49. The Balaban J connectivity index is 1.26. The van der Waals surface area contributed by atoms with E-state index in [1.807, 2.05) is 42.5 Å². The minimum Gasteiger partial charge on any atom is -0.356 e. The van der Waals surface area contributed by atoms with Gasteiger partial charge in [-0.05, 0) is 43.7 Å². The van der Waals surface area contributed by atoms with Crippen LogP contribution >= 0.6 is 11.3 Å². The average Bonchev–Trinajstić information content (AvgIpc) is 3.49. The largest absolute Gasteiger partial charge is 0.356 e. The molecule has 9 heteroatoms. The third kappa shape index (κ3) is 4.21. The van der Waals surface area contributed by atoms with Crippen molar-refractivity contribution in [2.24, 2.45) is 7.05 Å². The molecule has 0 bridgehead atoms. The molecule has 0 radical (unpaired) electrons. The second-order valence-electron chi connectivity index (χ2n) is 8.47. The molecule has 5 rings (SSSR count). The van der Waals surface area contributed by atoms with Crippen molar-refractivity contribution < 1.29 is 4.79 Å². The van der Waals surface area contributed by atoms with E-state index in [4.69, 9.17) is 4.98 Å². The standard InChI is InChI=1S/C23H29N7OS/c1-17-24-21(28-8-4-3-5-9-28)16-22(25-17)29-10-12-30(13-11-29)23(31)19-15-18(26-27(19)2)20-7-6-14-32-20/h6-7,14-16H,3-5,8-13H2,1-2H3.